The zero-order valence-electron chi connectivity index (χ0n) is 14.8. The van der Waals surface area contributed by atoms with Crippen molar-refractivity contribution in [2.24, 2.45) is 0 Å². The number of pyridine rings is 1. The topological polar surface area (TPSA) is 87.7 Å². The number of aromatic amines is 1. The summed E-state index contributed by atoms with van der Waals surface area (Å²) in [6.07, 6.45) is 2.40. The van der Waals surface area contributed by atoms with Gasteiger partial charge in [0.1, 0.15) is 4.90 Å². The third-order valence-corrected chi connectivity index (χ3v) is 5.99. The molecule has 1 atom stereocenters. The standard InChI is InChI=1S/C19H22N4O2S/c1-14-19(15(2)23-22-14)26(24,25)21-13-17(16-8-4-3-5-9-16)12-18-10-6-7-11-20-18/h3-11,17,21H,12-13H2,1-2H3,(H,22,23). The monoisotopic (exact) mass is 370 g/mol. The Morgan fingerprint density at radius 2 is 1.81 bits per heavy atom. The van der Waals surface area contributed by atoms with Crippen LogP contribution in [0.15, 0.2) is 59.6 Å². The molecule has 2 aromatic heterocycles. The van der Waals surface area contributed by atoms with Gasteiger partial charge in [0.2, 0.25) is 10.0 Å². The summed E-state index contributed by atoms with van der Waals surface area (Å²) in [6, 6.07) is 15.6. The summed E-state index contributed by atoms with van der Waals surface area (Å²) in [5, 5.41) is 6.70. The van der Waals surface area contributed by atoms with Crippen LogP contribution < -0.4 is 4.72 Å². The van der Waals surface area contributed by atoms with Crippen LogP contribution in [0.5, 0.6) is 0 Å². The Labute approximate surface area is 153 Å². The molecule has 1 unspecified atom stereocenters. The Morgan fingerprint density at radius 1 is 1.08 bits per heavy atom. The molecule has 2 heterocycles. The first-order valence-electron chi connectivity index (χ1n) is 8.43. The minimum atomic E-state index is -3.64. The van der Waals surface area contributed by atoms with Crippen molar-refractivity contribution in [3.05, 3.63) is 77.4 Å². The number of aryl methyl sites for hydroxylation is 2. The predicted molar refractivity (Wildman–Crippen MR) is 100 cm³/mol. The number of nitrogens with zero attached hydrogens (tertiary/aromatic N) is 2. The molecule has 0 radical (unpaired) electrons. The summed E-state index contributed by atoms with van der Waals surface area (Å²) in [5.41, 5.74) is 3.00. The van der Waals surface area contributed by atoms with Crippen LogP contribution in [-0.4, -0.2) is 30.1 Å². The van der Waals surface area contributed by atoms with Crippen LogP contribution in [0.2, 0.25) is 0 Å². The van der Waals surface area contributed by atoms with E-state index in [0.29, 0.717) is 17.8 Å². The minimum Gasteiger partial charge on any atom is -0.281 e. The molecule has 0 bridgehead atoms. The highest BCUT2D eigenvalue weighted by atomic mass is 32.2. The quantitative estimate of drug-likeness (QED) is 0.669. The third-order valence-electron chi connectivity index (χ3n) is 4.30. The number of H-pyrrole nitrogens is 1. The molecule has 136 valence electrons. The number of hydrogen-bond donors (Lipinski definition) is 2. The molecule has 0 fully saturated rings. The molecule has 0 spiro atoms. The van der Waals surface area contributed by atoms with E-state index >= 15 is 0 Å². The van der Waals surface area contributed by atoms with Crippen molar-refractivity contribution in [3.8, 4) is 0 Å². The van der Waals surface area contributed by atoms with E-state index in [4.69, 9.17) is 0 Å². The highest BCUT2D eigenvalue weighted by molar-refractivity contribution is 7.89. The van der Waals surface area contributed by atoms with Crippen molar-refractivity contribution in [2.45, 2.75) is 31.1 Å². The first-order valence-corrected chi connectivity index (χ1v) is 9.92. The minimum absolute atomic E-state index is 0.0200. The smallest absolute Gasteiger partial charge is 0.244 e. The Morgan fingerprint density at radius 3 is 2.42 bits per heavy atom. The van der Waals surface area contributed by atoms with E-state index in [1.807, 2.05) is 48.5 Å². The van der Waals surface area contributed by atoms with Gasteiger partial charge in [-0.15, -0.1) is 0 Å². The fourth-order valence-electron chi connectivity index (χ4n) is 3.02. The van der Waals surface area contributed by atoms with Gasteiger partial charge in [0.15, 0.2) is 0 Å². The van der Waals surface area contributed by atoms with Gasteiger partial charge in [-0.1, -0.05) is 36.4 Å². The molecule has 0 saturated carbocycles. The summed E-state index contributed by atoms with van der Waals surface area (Å²) < 4.78 is 28.2. The lowest BCUT2D eigenvalue weighted by Crippen LogP contribution is -2.30. The highest BCUT2D eigenvalue weighted by Gasteiger charge is 2.24. The number of aromatic nitrogens is 3. The number of hydrogen-bond acceptors (Lipinski definition) is 4. The maximum Gasteiger partial charge on any atom is 0.244 e. The van der Waals surface area contributed by atoms with Gasteiger partial charge in [-0.2, -0.15) is 5.10 Å². The largest absolute Gasteiger partial charge is 0.281 e. The van der Waals surface area contributed by atoms with E-state index in [2.05, 4.69) is 19.9 Å². The van der Waals surface area contributed by atoms with Crippen LogP contribution in [0.1, 0.15) is 28.6 Å². The van der Waals surface area contributed by atoms with E-state index < -0.39 is 10.0 Å². The summed E-state index contributed by atoms with van der Waals surface area (Å²) in [6.45, 7) is 3.67. The Hall–Kier alpha value is -2.51. The van der Waals surface area contributed by atoms with Crippen molar-refractivity contribution in [1.29, 1.82) is 0 Å². The van der Waals surface area contributed by atoms with Gasteiger partial charge in [0, 0.05) is 24.4 Å². The second kappa shape index (κ2) is 7.80. The van der Waals surface area contributed by atoms with Crippen LogP contribution in [0.3, 0.4) is 0 Å². The molecule has 0 aliphatic carbocycles. The van der Waals surface area contributed by atoms with Crippen LogP contribution in [0, 0.1) is 13.8 Å². The van der Waals surface area contributed by atoms with Gasteiger partial charge in [0.05, 0.1) is 11.4 Å². The average Bonchev–Trinajstić information content (AvgIpc) is 2.99. The number of nitrogens with one attached hydrogen (secondary N) is 2. The van der Waals surface area contributed by atoms with Crippen molar-refractivity contribution in [1.82, 2.24) is 19.9 Å². The van der Waals surface area contributed by atoms with E-state index in [0.717, 1.165) is 11.3 Å². The molecule has 3 aromatic rings. The predicted octanol–water partition coefficient (Wildman–Crippen LogP) is 2.73. The molecular formula is C19H22N4O2S. The van der Waals surface area contributed by atoms with Gasteiger partial charge < -0.3 is 0 Å². The summed E-state index contributed by atoms with van der Waals surface area (Å²) in [4.78, 5) is 4.60. The molecule has 1 aromatic carbocycles. The van der Waals surface area contributed by atoms with Gasteiger partial charge in [-0.05, 0) is 38.0 Å². The molecule has 0 aliphatic rings. The van der Waals surface area contributed by atoms with E-state index in [9.17, 15) is 8.42 Å². The molecule has 7 heteroatoms. The van der Waals surface area contributed by atoms with E-state index in [-0.39, 0.29) is 17.4 Å². The molecule has 0 aliphatic heterocycles. The Kier molecular flexibility index (Phi) is 5.49. The zero-order valence-corrected chi connectivity index (χ0v) is 15.6. The fraction of sp³-hybridized carbons (Fsp3) is 0.263. The fourth-order valence-corrected chi connectivity index (χ4v) is 4.47. The van der Waals surface area contributed by atoms with Crippen LogP contribution in [0.25, 0.3) is 0 Å². The summed E-state index contributed by atoms with van der Waals surface area (Å²) >= 11 is 0. The molecule has 3 rings (SSSR count). The highest BCUT2D eigenvalue weighted by Crippen LogP contribution is 2.22. The van der Waals surface area contributed by atoms with Crippen molar-refractivity contribution in [2.75, 3.05) is 6.54 Å². The lowest BCUT2D eigenvalue weighted by atomic mass is 9.94. The number of sulfonamides is 1. The van der Waals surface area contributed by atoms with Crippen LogP contribution in [-0.2, 0) is 16.4 Å². The maximum atomic E-state index is 12.7. The first-order chi connectivity index (χ1) is 12.5. The number of rotatable bonds is 7. The van der Waals surface area contributed by atoms with Gasteiger partial charge in [-0.25, -0.2) is 13.1 Å². The van der Waals surface area contributed by atoms with Gasteiger partial charge in [-0.3, -0.25) is 10.1 Å². The van der Waals surface area contributed by atoms with Gasteiger partial charge in [0.25, 0.3) is 0 Å². The average molecular weight is 370 g/mol. The molecule has 26 heavy (non-hydrogen) atoms. The molecule has 0 amide bonds. The third kappa shape index (κ3) is 4.17. The van der Waals surface area contributed by atoms with Crippen LogP contribution >= 0.6 is 0 Å². The van der Waals surface area contributed by atoms with Crippen LogP contribution in [0.4, 0.5) is 0 Å². The van der Waals surface area contributed by atoms with E-state index in [1.165, 1.54) is 0 Å². The SMILES string of the molecule is Cc1n[nH]c(C)c1S(=O)(=O)NCC(Cc1ccccn1)c1ccccc1. The molecule has 0 saturated heterocycles. The zero-order chi connectivity index (χ0) is 18.6. The molecule has 2 N–H and O–H groups in total. The first kappa shape index (κ1) is 18.3. The second-order valence-corrected chi connectivity index (χ2v) is 7.95. The second-order valence-electron chi connectivity index (χ2n) is 6.25. The van der Waals surface area contributed by atoms with Crippen molar-refractivity contribution >= 4 is 10.0 Å². The van der Waals surface area contributed by atoms with Crippen molar-refractivity contribution in [3.63, 3.8) is 0 Å². The lowest BCUT2D eigenvalue weighted by Gasteiger charge is -2.18. The Balaban J connectivity index is 1.82. The normalized spacial score (nSPS) is 12.8. The number of benzene rings is 1. The Bertz CT molecular complexity index is 934. The molecular weight excluding hydrogens is 348 g/mol. The van der Waals surface area contributed by atoms with Gasteiger partial charge >= 0.3 is 0 Å². The molecule has 6 nitrogen and oxygen atoms in total. The van der Waals surface area contributed by atoms with Crippen molar-refractivity contribution < 1.29 is 8.42 Å². The van der Waals surface area contributed by atoms with E-state index in [1.54, 1.807) is 20.0 Å². The summed E-state index contributed by atoms with van der Waals surface area (Å²) in [7, 11) is -3.64. The summed E-state index contributed by atoms with van der Waals surface area (Å²) in [5.74, 6) is -0.0200. The lowest BCUT2D eigenvalue weighted by molar-refractivity contribution is 0.566. The maximum absolute atomic E-state index is 12.7.